The molecule has 36 heavy (non-hydrogen) atoms. The first kappa shape index (κ1) is 25.5. The minimum atomic E-state index is -0.885. The fourth-order valence-electron chi connectivity index (χ4n) is 4.46. The Balaban J connectivity index is 1.97. The molecule has 1 N–H and O–H groups in total. The number of carbonyl (C=O) groups excluding carboxylic acids is 3. The predicted molar refractivity (Wildman–Crippen MR) is 143 cm³/mol. The first-order chi connectivity index (χ1) is 16.8. The lowest BCUT2D eigenvalue weighted by molar-refractivity contribution is -0.132. The molecule has 7 heteroatoms. The molecule has 4 rings (SSSR count). The molecule has 0 bridgehead atoms. The molecular weight excluding hydrogens is 472 g/mol. The van der Waals surface area contributed by atoms with E-state index < -0.39 is 17.7 Å². The number of ketones is 2. The van der Waals surface area contributed by atoms with Crippen molar-refractivity contribution in [3.63, 3.8) is 0 Å². The maximum absolute atomic E-state index is 13.4. The number of nitrogens with zero attached hydrogens (tertiary/aromatic N) is 2. The molecule has 1 atom stereocenters. The van der Waals surface area contributed by atoms with Gasteiger partial charge in [0.1, 0.15) is 5.76 Å². The summed E-state index contributed by atoms with van der Waals surface area (Å²) >= 11 is 1.08. The summed E-state index contributed by atoms with van der Waals surface area (Å²) in [4.78, 5) is 45.2. The minimum absolute atomic E-state index is 0.00874. The molecule has 1 aliphatic rings. The quantitative estimate of drug-likeness (QED) is 0.199. The fourth-order valence-corrected chi connectivity index (χ4v) is 5.45. The van der Waals surface area contributed by atoms with Gasteiger partial charge < -0.3 is 5.11 Å². The minimum Gasteiger partial charge on any atom is -0.507 e. The Bertz CT molecular complexity index is 1420. The largest absolute Gasteiger partial charge is 0.507 e. The van der Waals surface area contributed by atoms with Crippen molar-refractivity contribution in [3.8, 4) is 0 Å². The molecule has 0 saturated carbocycles. The van der Waals surface area contributed by atoms with Gasteiger partial charge in [0, 0.05) is 12.5 Å². The Morgan fingerprint density at radius 1 is 1.03 bits per heavy atom. The lowest BCUT2D eigenvalue weighted by Gasteiger charge is -2.25. The van der Waals surface area contributed by atoms with Crippen LogP contribution in [0.1, 0.15) is 76.9 Å². The molecule has 0 spiro atoms. The number of carbonyl (C=O) groups is 3. The first-order valence-corrected chi connectivity index (χ1v) is 12.6. The van der Waals surface area contributed by atoms with Gasteiger partial charge >= 0.3 is 5.91 Å². The van der Waals surface area contributed by atoms with Crippen LogP contribution in [-0.4, -0.2) is 27.6 Å². The van der Waals surface area contributed by atoms with E-state index in [-0.39, 0.29) is 27.7 Å². The molecule has 1 unspecified atom stereocenters. The number of hydrogen-bond donors (Lipinski definition) is 1. The van der Waals surface area contributed by atoms with Crippen molar-refractivity contribution in [2.75, 3.05) is 4.90 Å². The number of amides is 1. The highest BCUT2D eigenvalue weighted by atomic mass is 32.1. The van der Waals surface area contributed by atoms with Crippen LogP contribution in [0.25, 0.3) is 5.76 Å². The van der Waals surface area contributed by atoms with Crippen LogP contribution in [0.15, 0.2) is 48.0 Å². The summed E-state index contributed by atoms with van der Waals surface area (Å²) in [7, 11) is 0. The SMILES string of the molecule is CC(=O)c1sc(N2C(=O)C(=O)/C(=C(/O)c3cc(C)ccc3C)C2c2ccc(C(C)(C)C)cc2)nc1C. The third kappa shape index (κ3) is 4.39. The van der Waals surface area contributed by atoms with Gasteiger partial charge in [0.25, 0.3) is 5.78 Å². The standard InChI is InChI=1S/C29H30N2O4S/c1-15-8-9-16(2)21(14-15)24(33)22-23(19-10-12-20(13-11-19)29(5,6)7)31(27(35)25(22)34)28-30-17(3)26(36-28)18(4)32/h8-14,23,33H,1-7H3/b24-22+. The molecule has 6 nitrogen and oxygen atoms in total. The maximum Gasteiger partial charge on any atom is 0.301 e. The second-order valence-corrected chi connectivity index (χ2v) is 11.3. The number of benzene rings is 2. The van der Waals surface area contributed by atoms with Gasteiger partial charge in [-0.1, -0.05) is 74.1 Å². The van der Waals surface area contributed by atoms with Crippen molar-refractivity contribution in [2.24, 2.45) is 0 Å². The van der Waals surface area contributed by atoms with Crippen LogP contribution < -0.4 is 4.90 Å². The van der Waals surface area contributed by atoms with E-state index in [1.54, 1.807) is 13.0 Å². The van der Waals surface area contributed by atoms with Crippen LogP contribution in [0, 0.1) is 20.8 Å². The molecule has 1 fully saturated rings. The van der Waals surface area contributed by atoms with Crippen LogP contribution in [0.3, 0.4) is 0 Å². The monoisotopic (exact) mass is 502 g/mol. The molecule has 2 aromatic carbocycles. The zero-order valence-electron chi connectivity index (χ0n) is 21.6. The van der Waals surface area contributed by atoms with E-state index in [1.807, 2.05) is 50.2 Å². The highest BCUT2D eigenvalue weighted by Gasteiger charge is 2.48. The van der Waals surface area contributed by atoms with E-state index >= 15 is 0 Å². The smallest absolute Gasteiger partial charge is 0.301 e. The normalized spacial score (nSPS) is 17.6. The first-order valence-electron chi connectivity index (χ1n) is 11.8. The topological polar surface area (TPSA) is 87.6 Å². The molecular formula is C29H30N2O4S. The Morgan fingerprint density at radius 3 is 2.22 bits per heavy atom. The molecule has 1 amide bonds. The number of thiazole rings is 1. The van der Waals surface area contributed by atoms with E-state index in [0.717, 1.165) is 28.0 Å². The Morgan fingerprint density at radius 2 is 1.67 bits per heavy atom. The van der Waals surface area contributed by atoms with Gasteiger partial charge in [-0.25, -0.2) is 4.98 Å². The van der Waals surface area contributed by atoms with Crippen molar-refractivity contribution < 1.29 is 19.5 Å². The van der Waals surface area contributed by atoms with E-state index in [2.05, 4.69) is 25.8 Å². The van der Waals surface area contributed by atoms with Gasteiger partial charge in [-0.05, 0) is 48.9 Å². The summed E-state index contributed by atoms with van der Waals surface area (Å²) in [5, 5.41) is 11.7. The molecule has 186 valence electrons. The number of aryl methyl sites for hydroxylation is 3. The number of aromatic nitrogens is 1. The summed E-state index contributed by atoms with van der Waals surface area (Å²) in [6.45, 7) is 13.2. The number of hydrogen-bond acceptors (Lipinski definition) is 6. The van der Waals surface area contributed by atoms with Crippen molar-refractivity contribution in [1.82, 2.24) is 4.98 Å². The van der Waals surface area contributed by atoms with E-state index in [1.165, 1.54) is 11.8 Å². The zero-order valence-corrected chi connectivity index (χ0v) is 22.4. The Labute approximate surface area is 215 Å². The number of rotatable bonds is 4. The van der Waals surface area contributed by atoms with E-state index in [0.29, 0.717) is 21.7 Å². The van der Waals surface area contributed by atoms with E-state index in [4.69, 9.17) is 0 Å². The summed E-state index contributed by atoms with van der Waals surface area (Å²) in [5.41, 5.74) is 4.41. The van der Waals surface area contributed by atoms with Gasteiger partial charge in [0.2, 0.25) is 0 Å². The summed E-state index contributed by atoms with van der Waals surface area (Å²) in [6.07, 6.45) is 0. The highest BCUT2D eigenvalue weighted by Crippen LogP contribution is 2.44. The Hall–Kier alpha value is -3.58. The predicted octanol–water partition coefficient (Wildman–Crippen LogP) is 6.19. The second-order valence-electron chi connectivity index (χ2n) is 10.3. The van der Waals surface area contributed by atoms with Gasteiger partial charge in [-0.2, -0.15) is 0 Å². The average Bonchev–Trinajstić information content (AvgIpc) is 3.31. The summed E-state index contributed by atoms with van der Waals surface area (Å²) < 4.78 is 0. The van der Waals surface area contributed by atoms with Crippen molar-refractivity contribution in [1.29, 1.82) is 0 Å². The van der Waals surface area contributed by atoms with Crippen molar-refractivity contribution in [2.45, 2.75) is 59.9 Å². The van der Waals surface area contributed by atoms with Gasteiger partial charge in [0.05, 0.1) is 22.2 Å². The van der Waals surface area contributed by atoms with Gasteiger partial charge in [-0.15, -0.1) is 0 Å². The molecule has 2 heterocycles. The third-order valence-corrected chi connectivity index (χ3v) is 7.75. The molecule has 1 saturated heterocycles. The van der Waals surface area contributed by atoms with Crippen LogP contribution in [0.4, 0.5) is 5.13 Å². The van der Waals surface area contributed by atoms with Crippen LogP contribution in [0.5, 0.6) is 0 Å². The fraction of sp³-hybridized carbons (Fsp3) is 0.310. The Kier molecular flexibility index (Phi) is 6.47. The van der Waals surface area contributed by atoms with Crippen molar-refractivity contribution >= 4 is 39.7 Å². The summed E-state index contributed by atoms with van der Waals surface area (Å²) in [5.74, 6) is -1.94. The van der Waals surface area contributed by atoms with Crippen LogP contribution >= 0.6 is 11.3 Å². The van der Waals surface area contributed by atoms with Crippen LogP contribution in [-0.2, 0) is 15.0 Å². The number of aliphatic hydroxyl groups excluding tert-OH is 1. The zero-order chi connectivity index (χ0) is 26.5. The number of Topliss-reactive ketones (excluding diaryl/α,β-unsaturated/α-hetero) is 2. The molecule has 3 aromatic rings. The summed E-state index contributed by atoms with van der Waals surface area (Å²) in [6, 6.07) is 12.4. The van der Waals surface area contributed by atoms with Gasteiger partial charge in [0.15, 0.2) is 10.9 Å². The van der Waals surface area contributed by atoms with E-state index in [9.17, 15) is 19.5 Å². The second kappa shape index (κ2) is 9.13. The maximum atomic E-state index is 13.4. The molecule has 1 aliphatic heterocycles. The van der Waals surface area contributed by atoms with Crippen LogP contribution in [0.2, 0.25) is 0 Å². The molecule has 1 aromatic heterocycles. The lowest BCUT2D eigenvalue weighted by Crippen LogP contribution is -2.29. The molecule has 0 radical (unpaired) electrons. The average molecular weight is 503 g/mol. The number of anilines is 1. The molecule has 0 aliphatic carbocycles. The van der Waals surface area contributed by atoms with Crippen molar-refractivity contribution in [3.05, 3.63) is 86.4 Å². The number of aliphatic hydroxyl groups is 1. The third-order valence-electron chi connectivity index (χ3n) is 6.50. The lowest BCUT2D eigenvalue weighted by atomic mass is 9.85. The highest BCUT2D eigenvalue weighted by molar-refractivity contribution is 7.18. The van der Waals surface area contributed by atoms with Gasteiger partial charge in [-0.3, -0.25) is 19.3 Å².